The number of hydrogen-bond acceptors (Lipinski definition) is 13. The Morgan fingerprint density at radius 1 is 1.28 bits per heavy atom. The summed E-state index contributed by atoms with van der Waals surface area (Å²) in [6.07, 6.45) is -2.18. The summed E-state index contributed by atoms with van der Waals surface area (Å²) >= 11 is 0. The fourth-order valence-corrected chi connectivity index (χ4v) is 6.19. The average molecular weight is 520 g/mol. The number of aliphatic hydroxyl groups excluding tert-OH is 1. The van der Waals surface area contributed by atoms with Gasteiger partial charge in [-0.25, -0.2) is 18.5 Å². The van der Waals surface area contributed by atoms with Gasteiger partial charge in [-0.3, -0.25) is 9.09 Å². The quantitative estimate of drug-likeness (QED) is 0.200. The molecule has 2 aliphatic rings. The summed E-state index contributed by atoms with van der Waals surface area (Å²) < 4.78 is 57.3. The number of aliphatic hydroxyl groups is 1. The van der Waals surface area contributed by atoms with Crippen LogP contribution < -0.4 is 11.4 Å². The second-order valence-electron chi connectivity index (χ2n) is 6.52. The highest BCUT2D eigenvalue weighted by molar-refractivity contribution is 7.66. The standard InChI is InChI=1S/C11H15N4O14P3/c12-3-11(15-2-1-6(13)14-9(15)17)8-7(16)10(27-11,4-25-8)5-26-31(21,22)29-32(23,24)28-30(18,19)20/h1-2,7-8,16H,4-5H2,(H,21,22)(H,23,24)(H2,13,14,17)(H2,18,19,20)/t7-,8+,10+,11+/m0/s1. The fourth-order valence-electron chi connectivity index (χ4n) is 3.11. The Morgan fingerprint density at radius 3 is 2.50 bits per heavy atom. The number of nitrogen functional groups attached to an aromatic ring is 1. The first kappa shape index (κ1) is 25.1. The number of phosphoric ester groups is 1. The lowest BCUT2D eigenvalue weighted by Gasteiger charge is -2.35. The van der Waals surface area contributed by atoms with Crippen molar-refractivity contribution in [2.75, 3.05) is 18.9 Å². The van der Waals surface area contributed by atoms with Gasteiger partial charge in [-0.15, -0.1) is 0 Å². The van der Waals surface area contributed by atoms with Gasteiger partial charge in [0.15, 0.2) is 0 Å². The number of anilines is 1. The number of aromatic nitrogens is 2. The number of rotatable bonds is 8. The summed E-state index contributed by atoms with van der Waals surface area (Å²) in [5.74, 6) is -0.175. The number of phosphoric acid groups is 3. The number of nitrogens with two attached hydrogens (primary N) is 1. The second kappa shape index (κ2) is 8.05. The SMILES string of the molecule is N#C[C@@]1(n2ccc(N)nc2=O)O[C@@]2(COP(=O)(O)OP(=O)(O)OP(=O)(O)O)CO[C@@H]1[C@@H]2O. The Balaban J connectivity index is 1.83. The van der Waals surface area contributed by atoms with Crippen molar-refractivity contribution in [2.24, 2.45) is 0 Å². The summed E-state index contributed by atoms with van der Waals surface area (Å²) in [7, 11) is -16.9. The van der Waals surface area contributed by atoms with Crippen LogP contribution in [0, 0.1) is 11.3 Å². The third kappa shape index (κ3) is 4.72. The van der Waals surface area contributed by atoms with Crippen LogP contribution in [0.3, 0.4) is 0 Å². The van der Waals surface area contributed by atoms with Crippen LogP contribution >= 0.6 is 23.5 Å². The van der Waals surface area contributed by atoms with Crippen LogP contribution in [-0.4, -0.2) is 65.3 Å². The predicted octanol–water partition coefficient (Wildman–Crippen LogP) is -2.13. The Labute approximate surface area is 177 Å². The number of hydrogen-bond donors (Lipinski definition) is 6. The average Bonchev–Trinajstić information content (AvgIpc) is 3.05. The predicted molar refractivity (Wildman–Crippen MR) is 95.9 cm³/mol. The van der Waals surface area contributed by atoms with Gasteiger partial charge in [-0.2, -0.15) is 18.9 Å². The van der Waals surface area contributed by atoms with Crippen molar-refractivity contribution >= 4 is 29.3 Å². The van der Waals surface area contributed by atoms with E-state index >= 15 is 0 Å². The zero-order valence-electron chi connectivity index (χ0n) is 15.4. The minimum atomic E-state index is -5.78. The molecule has 0 saturated carbocycles. The minimum absolute atomic E-state index is 0.175. The van der Waals surface area contributed by atoms with Gasteiger partial charge < -0.3 is 39.9 Å². The van der Waals surface area contributed by atoms with E-state index in [0.717, 1.165) is 12.3 Å². The van der Waals surface area contributed by atoms with Crippen LogP contribution in [0.1, 0.15) is 0 Å². The summed E-state index contributed by atoms with van der Waals surface area (Å²) in [5.41, 5.74) is 0.0109. The van der Waals surface area contributed by atoms with E-state index in [2.05, 4.69) is 18.1 Å². The molecule has 0 radical (unpaired) electrons. The number of nitriles is 1. The van der Waals surface area contributed by atoms with Crippen molar-refractivity contribution in [3.63, 3.8) is 0 Å². The molecule has 2 saturated heterocycles. The van der Waals surface area contributed by atoms with Gasteiger partial charge in [0.25, 0.3) is 5.72 Å². The molecule has 1 aromatic rings. The van der Waals surface area contributed by atoms with E-state index in [0.29, 0.717) is 4.57 Å². The lowest BCUT2D eigenvalue weighted by Crippen LogP contribution is -2.53. The molecule has 21 heteroatoms. The van der Waals surface area contributed by atoms with Crippen LogP contribution in [0.25, 0.3) is 0 Å². The maximum absolute atomic E-state index is 12.2. The van der Waals surface area contributed by atoms with Crippen LogP contribution in [0.4, 0.5) is 5.82 Å². The van der Waals surface area contributed by atoms with Gasteiger partial charge in [0.2, 0.25) is 0 Å². The van der Waals surface area contributed by atoms with E-state index in [1.807, 2.05) is 0 Å². The molecule has 3 heterocycles. The maximum atomic E-state index is 12.2. The van der Waals surface area contributed by atoms with E-state index in [1.54, 1.807) is 6.07 Å². The first-order chi connectivity index (χ1) is 14.5. The van der Waals surface area contributed by atoms with Crippen LogP contribution in [0.5, 0.6) is 0 Å². The third-order valence-electron chi connectivity index (χ3n) is 4.31. The van der Waals surface area contributed by atoms with E-state index in [1.165, 1.54) is 0 Å². The van der Waals surface area contributed by atoms with Gasteiger partial charge in [-0.05, 0) is 6.07 Å². The van der Waals surface area contributed by atoms with Gasteiger partial charge in [-0.1, -0.05) is 0 Å². The van der Waals surface area contributed by atoms with Crippen molar-refractivity contribution in [1.29, 1.82) is 5.26 Å². The fraction of sp³-hybridized carbons (Fsp3) is 0.545. The van der Waals surface area contributed by atoms with E-state index in [4.69, 9.17) is 25.0 Å². The lowest BCUT2D eigenvalue weighted by molar-refractivity contribution is -0.223. The largest absolute Gasteiger partial charge is 0.490 e. The van der Waals surface area contributed by atoms with Gasteiger partial charge in [0, 0.05) is 6.20 Å². The van der Waals surface area contributed by atoms with Crippen molar-refractivity contribution < 1.29 is 61.0 Å². The molecular formula is C11H15N4O14P3. The Bertz CT molecular complexity index is 1160. The van der Waals surface area contributed by atoms with E-state index < -0.39 is 65.9 Å². The Hall–Kier alpha value is -1.54. The molecule has 0 spiro atoms. The molecule has 32 heavy (non-hydrogen) atoms. The molecule has 0 aliphatic carbocycles. The van der Waals surface area contributed by atoms with Gasteiger partial charge in [0.1, 0.15) is 29.7 Å². The molecule has 6 atom stereocenters. The van der Waals surface area contributed by atoms with Gasteiger partial charge >= 0.3 is 29.2 Å². The molecule has 0 amide bonds. The third-order valence-corrected chi connectivity index (χ3v) is 8.09. The van der Waals surface area contributed by atoms with Crippen LogP contribution in [0.15, 0.2) is 17.1 Å². The number of ether oxygens (including phenoxy) is 2. The lowest BCUT2D eigenvalue weighted by atomic mass is 9.98. The number of nitrogens with zero attached hydrogens (tertiary/aromatic N) is 3. The highest BCUT2D eigenvalue weighted by atomic mass is 31.3. The monoisotopic (exact) mass is 520 g/mol. The molecule has 2 aliphatic heterocycles. The highest BCUT2D eigenvalue weighted by Crippen LogP contribution is 2.66. The van der Waals surface area contributed by atoms with Crippen molar-refractivity contribution in [3.8, 4) is 6.07 Å². The summed E-state index contributed by atoms with van der Waals surface area (Å²) in [6.45, 7) is -1.62. The first-order valence-electron chi connectivity index (χ1n) is 8.10. The first-order valence-corrected chi connectivity index (χ1v) is 12.6. The maximum Gasteiger partial charge on any atom is 0.490 e. The summed E-state index contributed by atoms with van der Waals surface area (Å²) in [5, 5.41) is 20.2. The zero-order chi connectivity index (χ0) is 24.2. The van der Waals surface area contributed by atoms with Crippen molar-refractivity contribution in [3.05, 3.63) is 22.7 Å². The van der Waals surface area contributed by atoms with Gasteiger partial charge in [0.05, 0.1) is 13.2 Å². The number of fused-ring (bicyclic) bond motifs is 2. The molecule has 2 bridgehead atoms. The smallest absolute Gasteiger partial charge is 0.387 e. The van der Waals surface area contributed by atoms with Crippen LogP contribution in [0.2, 0.25) is 0 Å². The van der Waals surface area contributed by atoms with E-state index in [-0.39, 0.29) is 5.82 Å². The van der Waals surface area contributed by atoms with Crippen molar-refractivity contribution in [2.45, 2.75) is 23.5 Å². The molecule has 7 N–H and O–H groups in total. The van der Waals surface area contributed by atoms with E-state index in [9.17, 15) is 38.6 Å². The highest BCUT2D eigenvalue weighted by Gasteiger charge is 2.70. The minimum Gasteiger partial charge on any atom is -0.387 e. The summed E-state index contributed by atoms with van der Waals surface area (Å²) in [4.78, 5) is 51.5. The van der Waals surface area contributed by atoms with Crippen molar-refractivity contribution in [1.82, 2.24) is 9.55 Å². The molecule has 3 rings (SSSR count). The zero-order valence-corrected chi connectivity index (χ0v) is 18.1. The molecular weight excluding hydrogens is 505 g/mol. The molecule has 1 aromatic heterocycles. The molecule has 0 aromatic carbocycles. The Kier molecular flexibility index (Phi) is 6.31. The molecule has 2 fully saturated rings. The second-order valence-corrected chi connectivity index (χ2v) is 10.9. The molecule has 178 valence electrons. The normalized spacial score (nSPS) is 33.4. The molecule has 2 unspecified atom stereocenters. The Morgan fingerprint density at radius 2 is 1.94 bits per heavy atom. The topological polar surface area (TPSA) is 283 Å². The van der Waals surface area contributed by atoms with Crippen LogP contribution in [-0.2, 0) is 42.0 Å². The molecule has 18 nitrogen and oxygen atoms in total. The summed E-state index contributed by atoms with van der Waals surface area (Å²) in [6, 6.07) is 2.82.